The summed E-state index contributed by atoms with van der Waals surface area (Å²) in [5, 5.41) is 9.61. The second-order valence-corrected chi connectivity index (χ2v) is 11.4. The fourth-order valence-electron chi connectivity index (χ4n) is 3.14. The molecule has 0 radical (unpaired) electrons. The summed E-state index contributed by atoms with van der Waals surface area (Å²) in [7, 11) is -5.87. The first-order valence-electron chi connectivity index (χ1n) is 9.39. The molecule has 1 heterocycles. The molecule has 0 bridgehead atoms. The number of rotatable bonds is 6. The summed E-state index contributed by atoms with van der Waals surface area (Å²) in [5.74, 6) is -0.143. The number of allylic oxidation sites excluding steroid dienone is 1. The van der Waals surface area contributed by atoms with Gasteiger partial charge in [0.25, 0.3) is 0 Å². The van der Waals surface area contributed by atoms with Crippen molar-refractivity contribution in [2.45, 2.75) is 37.8 Å². The number of aliphatic hydroxyl groups is 1. The molecule has 0 aromatic heterocycles. The zero-order valence-electron chi connectivity index (χ0n) is 17.4. The molecule has 0 spiro atoms. The van der Waals surface area contributed by atoms with Crippen LogP contribution in [0.3, 0.4) is 0 Å². The van der Waals surface area contributed by atoms with Gasteiger partial charge in [0, 0.05) is 25.6 Å². The van der Waals surface area contributed by atoms with Crippen LogP contribution in [0.4, 0.5) is 0 Å². The number of sulfonamides is 2. The van der Waals surface area contributed by atoms with Gasteiger partial charge in [0.05, 0.1) is 19.4 Å². The minimum absolute atomic E-state index is 0.00459. The average Bonchev–Trinajstić information content (AvgIpc) is 2.63. The van der Waals surface area contributed by atoms with Crippen molar-refractivity contribution in [3.63, 3.8) is 0 Å². The minimum atomic E-state index is -3.91. The highest BCUT2D eigenvalue weighted by molar-refractivity contribution is 7.89. The van der Waals surface area contributed by atoms with Crippen LogP contribution in [-0.4, -0.2) is 75.7 Å². The minimum Gasteiger partial charge on any atom is -0.487 e. The third-order valence-corrected chi connectivity index (χ3v) is 8.35. The maximum absolute atomic E-state index is 13.3. The van der Waals surface area contributed by atoms with E-state index in [1.807, 2.05) is 26.0 Å². The number of fused-ring (bicyclic) bond motifs is 1. The molecular formula is C19H30N2O6S2. The molecule has 29 heavy (non-hydrogen) atoms. The predicted octanol–water partition coefficient (Wildman–Crippen LogP) is 1.38. The lowest BCUT2D eigenvalue weighted by Crippen LogP contribution is -2.50. The Morgan fingerprint density at radius 3 is 2.62 bits per heavy atom. The Kier molecular flexibility index (Phi) is 7.50. The zero-order valence-corrected chi connectivity index (χ0v) is 19.1. The van der Waals surface area contributed by atoms with E-state index in [0.29, 0.717) is 0 Å². The normalized spacial score (nSPS) is 24.0. The molecule has 1 aromatic rings. The van der Waals surface area contributed by atoms with Crippen molar-refractivity contribution >= 4 is 26.1 Å². The van der Waals surface area contributed by atoms with Crippen LogP contribution in [0.25, 0.3) is 6.08 Å². The maximum Gasteiger partial charge on any atom is 0.247 e. The van der Waals surface area contributed by atoms with E-state index in [4.69, 9.17) is 4.74 Å². The van der Waals surface area contributed by atoms with Gasteiger partial charge in [-0.05, 0) is 31.5 Å². The highest BCUT2D eigenvalue weighted by Crippen LogP contribution is 2.34. The van der Waals surface area contributed by atoms with Gasteiger partial charge in [0.1, 0.15) is 16.7 Å². The van der Waals surface area contributed by atoms with Gasteiger partial charge in [-0.2, -0.15) is 4.31 Å². The molecule has 0 saturated carbocycles. The fraction of sp³-hybridized carbons (Fsp3) is 0.579. The molecule has 8 nitrogen and oxygen atoms in total. The van der Waals surface area contributed by atoms with Crippen LogP contribution in [0.1, 0.15) is 26.3 Å². The van der Waals surface area contributed by atoms with E-state index >= 15 is 0 Å². The lowest BCUT2D eigenvalue weighted by Gasteiger charge is -2.37. The van der Waals surface area contributed by atoms with E-state index in [-0.39, 0.29) is 36.3 Å². The Morgan fingerprint density at radius 1 is 1.41 bits per heavy atom. The van der Waals surface area contributed by atoms with Crippen LogP contribution < -0.4 is 4.74 Å². The van der Waals surface area contributed by atoms with E-state index in [2.05, 4.69) is 0 Å². The quantitative estimate of drug-likeness (QED) is 0.708. The Balaban J connectivity index is 2.61. The highest BCUT2D eigenvalue weighted by Gasteiger charge is 2.38. The summed E-state index contributed by atoms with van der Waals surface area (Å²) in [5.41, 5.74) is 0.770. The maximum atomic E-state index is 13.3. The lowest BCUT2D eigenvalue weighted by atomic mass is 10.0. The van der Waals surface area contributed by atoms with Crippen molar-refractivity contribution < 1.29 is 26.7 Å². The second-order valence-electron chi connectivity index (χ2n) is 7.49. The van der Waals surface area contributed by atoms with Gasteiger partial charge in [-0.25, -0.2) is 21.1 Å². The summed E-state index contributed by atoms with van der Waals surface area (Å²) < 4.78 is 58.9. The third kappa shape index (κ3) is 5.37. The van der Waals surface area contributed by atoms with Crippen molar-refractivity contribution in [1.82, 2.24) is 8.61 Å². The van der Waals surface area contributed by atoms with Gasteiger partial charge in [-0.15, -0.1) is 0 Å². The summed E-state index contributed by atoms with van der Waals surface area (Å²) >= 11 is 0. The van der Waals surface area contributed by atoms with Crippen molar-refractivity contribution in [2.75, 3.05) is 33.0 Å². The summed E-state index contributed by atoms with van der Waals surface area (Å²) in [6, 6.07) is 4.19. The monoisotopic (exact) mass is 446 g/mol. The van der Waals surface area contributed by atoms with Crippen molar-refractivity contribution in [3.05, 3.63) is 29.8 Å². The number of benzene rings is 1. The smallest absolute Gasteiger partial charge is 0.247 e. The highest BCUT2D eigenvalue weighted by atomic mass is 32.2. The van der Waals surface area contributed by atoms with Crippen molar-refractivity contribution in [2.24, 2.45) is 5.92 Å². The van der Waals surface area contributed by atoms with Crippen LogP contribution in [-0.2, 0) is 20.0 Å². The fourth-order valence-corrected chi connectivity index (χ4v) is 5.39. The van der Waals surface area contributed by atoms with E-state index in [0.717, 1.165) is 11.8 Å². The number of likely N-dealkylation sites (N-methyl/N-ethyl adjacent to an activating group) is 1. The number of aliphatic hydroxyl groups excluding tert-OH is 1. The Labute approximate surface area is 173 Å². The zero-order chi connectivity index (χ0) is 22.0. The summed E-state index contributed by atoms with van der Waals surface area (Å²) in [6.45, 7) is 5.15. The van der Waals surface area contributed by atoms with E-state index in [9.17, 15) is 21.9 Å². The largest absolute Gasteiger partial charge is 0.487 e. The predicted molar refractivity (Wildman–Crippen MR) is 113 cm³/mol. The first kappa shape index (κ1) is 23.8. The summed E-state index contributed by atoms with van der Waals surface area (Å²) in [6.07, 6.45) is 4.20. The molecule has 1 aliphatic heterocycles. The van der Waals surface area contributed by atoms with Crippen LogP contribution in [0, 0.1) is 5.92 Å². The van der Waals surface area contributed by atoms with E-state index < -0.39 is 32.2 Å². The topological polar surface area (TPSA) is 104 Å². The SMILES string of the molecule is C/C=C/c1ccc2c(c1)O[C@@H](CN(C)S(C)(=O)=O)[C@H](C)CN([C@H](C)CO)S2(=O)=O. The van der Waals surface area contributed by atoms with Gasteiger partial charge in [-0.1, -0.05) is 25.1 Å². The number of hydrogen-bond acceptors (Lipinski definition) is 6. The first-order valence-corrected chi connectivity index (χ1v) is 12.7. The number of hydrogen-bond donors (Lipinski definition) is 1. The molecule has 10 heteroatoms. The third-order valence-electron chi connectivity index (χ3n) is 5.05. The van der Waals surface area contributed by atoms with Crippen LogP contribution in [0.15, 0.2) is 29.2 Å². The first-order chi connectivity index (χ1) is 13.4. The molecule has 1 aromatic carbocycles. The van der Waals surface area contributed by atoms with Crippen molar-refractivity contribution in [1.29, 1.82) is 0 Å². The Bertz CT molecular complexity index is 959. The van der Waals surface area contributed by atoms with Crippen LogP contribution >= 0.6 is 0 Å². The molecule has 0 amide bonds. The number of nitrogens with zero attached hydrogens (tertiary/aromatic N) is 2. The van der Waals surface area contributed by atoms with E-state index in [1.165, 1.54) is 21.7 Å². The molecule has 0 unspecified atom stereocenters. The molecular weight excluding hydrogens is 416 g/mol. The molecule has 0 fully saturated rings. The average molecular weight is 447 g/mol. The van der Waals surface area contributed by atoms with Gasteiger partial charge < -0.3 is 9.84 Å². The van der Waals surface area contributed by atoms with Gasteiger partial charge in [0.15, 0.2) is 0 Å². The molecule has 1 aliphatic rings. The molecule has 0 aliphatic carbocycles. The molecule has 2 rings (SSSR count). The van der Waals surface area contributed by atoms with Gasteiger partial charge >= 0.3 is 0 Å². The Morgan fingerprint density at radius 2 is 2.07 bits per heavy atom. The van der Waals surface area contributed by atoms with Crippen LogP contribution in [0.2, 0.25) is 0 Å². The summed E-state index contributed by atoms with van der Waals surface area (Å²) in [4.78, 5) is 0.00459. The van der Waals surface area contributed by atoms with Gasteiger partial charge in [0.2, 0.25) is 20.0 Å². The molecule has 0 saturated heterocycles. The number of ether oxygens (including phenoxy) is 1. The van der Waals surface area contributed by atoms with Crippen LogP contribution in [0.5, 0.6) is 5.75 Å². The molecule has 1 N–H and O–H groups in total. The standard InChI is InChI=1S/C19H30N2O6S2/c1-6-7-16-8-9-19-17(10-16)27-18(12-20(4)28(5,23)24)14(2)11-21(15(3)13-22)29(19,25)26/h6-10,14-15,18,22H,11-13H2,1-5H3/b7-6+/t14-,15-,18+/m1/s1. The Hall–Kier alpha value is -1.46. The lowest BCUT2D eigenvalue weighted by molar-refractivity contribution is 0.0905. The van der Waals surface area contributed by atoms with E-state index in [1.54, 1.807) is 19.1 Å². The van der Waals surface area contributed by atoms with Crippen molar-refractivity contribution in [3.8, 4) is 5.75 Å². The molecule has 3 atom stereocenters. The second kappa shape index (κ2) is 9.13. The van der Waals surface area contributed by atoms with Gasteiger partial charge in [-0.3, -0.25) is 0 Å². The molecule has 164 valence electrons.